The molecule has 0 aliphatic heterocycles. The van der Waals surface area contributed by atoms with E-state index in [1.165, 1.54) is 0 Å². The number of unbranched alkanes of at least 4 members (excludes halogenated alkanes) is 2. The highest BCUT2D eigenvalue weighted by atomic mass is 28.3. The van der Waals surface area contributed by atoms with Crippen LogP contribution in [-0.4, -0.2) is 42.1 Å². The molecule has 0 aromatic rings. The van der Waals surface area contributed by atoms with E-state index in [9.17, 15) is 19.8 Å². The molecular formula is C18H36O5Si. The molecule has 0 rings (SSSR count). The predicted octanol–water partition coefficient (Wildman–Crippen LogP) is 4.14. The van der Waals surface area contributed by atoms with E-state index in [2.05, 4.69) is 6.92 Å². The summed E-state index contributed by atoms with van der Waals surface area (Å²) >= 11 is 0. The minimum absolute atomic E-state index is 0.0463. The summed E-state index contributed by atoms with van der Waals surface area (Å²) in [6.45, 7) is 14.2. The van der Waals surface area contributed by atoms with Gasteiger partial charge in [-0.25, -0.2) is 4.79 Å². The fourth-order valence-electron chi connectivity index (χ4n) is 4.69. The first-order valence-electron chi connectivity index (χ1n) is 9.09. The van der Waals surface area contributed by atoms with Gasteiger partial charge in [-0.2, -0.15) is 0 Å². The number of carboxylic acid groups (broad SMARTS) is 1. The molecule has 2 N–H and O–H groups in total. The van der Waals surface area contributed by atoms with Gasteiger partial charge in [0, 0.05) is 0 Å². The largest absolute Gasteiger partial charge is 0.481 e. The monoisotopic (exact) mass is 360 g/mol. The van der Waals surface area contributed by atoms with Crippen molar-refractivity contribution < 1.29 is 24.5 Å². The Labute approximate surface area is 147 Å². The zero-order valence-electron chi connectivity index (χ0n) is 16.4. The fourth-order valence-corrected chi connectivity index (χ4v) is 12.4. The lowest BCUT2D eigenvalue weighted by molar-refractivity contribution is -0.163. The molecule has 24 heavy (non-hydrogen) atoms. The summed E-state index contributed by atoms with van der Waals surface area (Å²) in [7, 11) is -2.78. The summed E-state index contributed by atoms with van der Waals surface area (Å²) in [5, 5.41) is 18.9. The number of ether oxygens (including phenoxy) is 1. The van der Waals surface area contributed by atoms with Gasteiger partial charge in [-0.05, 0) is 23.0 Å². The van der Waals surface area contributed by atoms with Crippen molar-refractivity contribution in [2.75, 3.05) is 6.61 Å². The van der Waals surface area contributed by atoms with E-state index in [0.717, 1.165) is 19.3 Å². The molecule has 0 saturated heterocycles. The molecule has 0 bridgehead atoms. The third-order valence-corrected chi connectivity index (χ3v) is 12.9. The Balaban J connectivity index is 5.90. The Morgan fingerprint density at radius 2 is 1.46 bits per heavy atom. The lowest BCUT2D eigenvalue weighted by Crippen LogP contribution is -2.69. The molecular weight excluding hydrogens is 324 g/mol. The lowest BCUT2D eigenvalue weighted by atomic mass is 10.2. The maximum atomic E-state index is 12.8. The molecule has 0 radical (unpaired) electrons. The van der Waals surface area contributed by atoms with Crippen molar-refractivity contribution >= 4 is 20.0 Å². The van der Waals surface area contributed by atoms with Crippen molar-refractivity contribution in [3.8, 4) is 0 Å². The molecule has 0 aromatic heterocycles. The summed E-state index contributed by atoms with van der Waals surface area (Å²) in [5.74, 6) is -1.91. The summed E-state index contributed by atoms with van der Waals surface area (Å²) in [6, 6.07) is 0. The number of hydrogen-bond donors (Lipinski definition) is 2. The Morgan fingerprint density at radius 1 is 1.00 bits per heavy atom. The Hall–Kier alpha value is -0.883. The number of carbonyl (C=O) groups is 2. The first kappa shape index (κ1) is 23.1. The maximum absolute atomic E-state index is 12.8. The van der Waals surface area contributed by atoms with E-state index in [1.54, 1.807) is 0 Å². The van der Waals surface area contributed by atoms with Crippen LogP contribution < -0.4 is 0 Å². The van der Waals surface area contributed by atoms with Crippen molar-refractivity contribution in [3.63, 3.8) is 0 Å². The first-order valence-corrected chi connectivity index (χ1v) is 11.3. The number of aliphatic hydroxyl groups is 1. The zero-order chi connectivity index (χ0) is 19.1. The topological polar surface area (TPSA) is 83.8 Å². The fraction of sp³-hybridized carbons (Fsp3) is 0.889. The molecule has 0 aromatic carbocycles. The van der Waals surface area contributed by atoms with Gasteiger partial charge in [0.05, 0.1) is 13.0 Å². The first-order chi connectivity index (χ1) is 11.0. The number of hydrogen-bond acceptors (Lipinski definition) is 4. The van der Waals surface area contributed by atoms with Gasteiger partial charge < -0.3 is 14.9 Å². The minimum atomic E-state index is -2.78. The van der Waals surface area contributed by atoms with E-state index in [0.29, 0.717) is 0 Å². The van der Waals surface area contributed by atoms with Crippen molar-refractivity contribution in [2.45, 2.75) is 96.0 Å². The van der Waals surface area contributed by atoms with Gasteiger partial charge in [0.15, 0.2) is 5.22 Å². The van der Waals surface area contributed by atoms with Gasteiger partial charge in [0.1, 0.15) is 8.07 Å². The Kier molecular flexibility index (Phi) is 9.21. The molecule has 0 aliphatic rings. The van der Waals surface area contributed by atoms with E-state index < -0.39 is 31.7 Å². The number of carboxylic acids is 1. The van der Waals surface area contributed by atoms with Crippen LogP contribution in [0.2, 0.25) is 16.6 Å². The van der Waals surface area contributed by atoms with Gasteiger partial charge in [0.25, 0.3) is 0 Å². The highest BCUT2D eigenvalue weighted by Crippen LogP contribution is 2.50. The summed E-state index contributed by atoms with van der Waals surface area (Å²) in [5.41, 5.74) is 0.139. The number of aliphatic carboxylic acids is 1. The molecule has 0 amide bonds. The molecule has 6 heteroatoms. The highest BCUT2D eigenvalue weighted by Gasteiger charge is 2.63. The van der Waals surface area contributed by atoms with Crippen LogP contribution in [0.25, 0.3) is 0 Å². The van der Waals surface area contributed by atoms with Crippen LogP contribution in [0.3, 0.4) is 0 Å². The van der Waals surface area contributed by atoms with Crippen LogP contribution in [0.15, 0.2) is 0 Å². The van der Waals surface area contributed by atoms with Gasteiger partial charge in [0.2, 0.25) is 0 Å². The normalized spacial score (nSPS) is 15.0. The van der Waals surface area contributed by atoms with Gasteiger partial charge >= 0.3 is 11.9 Å². The van der Waals surface area contributed by atoms with Crippen molar-refractivity contribution in [2.24, 2.45) is 0 Å². The van der Waals surface area contributed by atoms with Gasteiger partial charge in [-0.15, -0.1) is 0 Å². The Bertz CT molecular complexity index is 398. The summed E-state index contributed by atoms with van der Waals surface area (Å²) < 4.78 is 5.35. The third-order valence-electron chi connectivity index (χ3n) is 5.31. The van der Waals surface area contributed by atoms with E-state index >= 15 is 0 Å². The second-order valence-electron chi connectivity index (χ2n) is 7.67. The van der Waals surface area contributed by atoms with E-state index in [4.69, 9.17) is 4.74 Å². The smallest absolute Gasteiger partial charge is 0.335 e. The number of esters is 1. The molecule has 0 spiro atoms. The number of carbonyl (C=O) groups excluding carboxylic acids is 1. The molecule has 0 aliphatic carbocycles. The standard InChI is InChI=1S/C18H36O5Si/c1-8-9-10-11-23-17(21)18(22,12-16(19)20)24(13(2)3,14(4)5)15(6)7/h13-15,22H,8-12H2,1-7H3,(H,19,20). The van der Waals surface area contributed by atoms with Crippen LogP contribution in [0.1, 0.15) is 74.1 Å². The average molecular weight is 361 g/mol. The molecule has 142 valence electrons. The molecule has 0 saturated carbocycles. The summed E-state index contributed by atoms with van der Waals surface area (Å²) in [4.78, 5) is 24.3. The predicted molar refractivity (Wildman–Crippen MR) is 98.7 cm³/mol. The molecule has 0 fully saturated rings. The minimum Gasteiger partial charge on any atom is -0.481 e. The van der Waals surface area contributed by atoms with E-state index in [1.807, 2.05) is 41.5 Å². The van der Waals surface area contributed by atoms with Gasteiger partial charge in [-0.1, -0.05) is 61.3 Å². The molecule has 1 atom stereocenters. The van der Waals surface area contributed by atoms with Crippen molar-refractivity contribution in [1.29, 1.82) is 0 Å². The molecule has 0 heterocycles. The van der Waals surface area contributed by atoms with Crippen molar-refractivity contribution in [1.82, 2.24) is 0 Å². The van der Waals surface area contributed by atoms with Crippen LogP contribution >= 0.6 is 0 Å². The average Bonchev–Trinajstić information content (AvgIpc) is 2.41. The van der Waals surface area contributed by atoms with Crippen LogP contribution in [0.5, 0.6) is 0 Å². The lowest BCUT2D eigenvalue weighted by Gasteiger charge is -2.51. The molecule has 5 nitrogen and oxygen atoms in total. The third kappa shape index (κ3) is 4.60. The molecule has 1 unspecified atom stereocenters. The number of rotatable bonds is 11. The SMILES string of the molecule is CCCCCOC(=O)C(O)(CC(=O)O)[Si](C(C)C)(C(C)C)C(C)C. The maximum Gasteiger partial charge on any atom is 0.335 e. The second-order valence-corrected chi connectivity index (χ2v) is 13.8. The highest BCUT2D eigenvalue weighted by molar-refractivity contribution is 6.88. The summed E-state index contributed by atoms with van der Waals surface area (Å²) in [6.07, 6.45) is 2.08. The van der Waals surface area contributed by atoms with Gasteiger partial charge in [-0.3, -0.25) is 4.79 Å². The van der Waals surface area contributed by atoms with Crippen LogP contribution in [0, 0.1) is 0 Å². The Morgan fingerprint density at radius 3 is 1.79 bits per heavy atom. The van der Waals surface area contributed by atoms with E-state index in [-0.39, 0.29) is 23.2 Å². The quantitative estimate of drug-likeness (QED) is 0.328. The zero-order valence-corrected chi connectivity index (χ0v) is 17.4. The second kappa shape index (κ2) is 9.56. The van der Waals surface area contributed by atoms with Crippen LogP contribution in [0.4, 0.5) is 0 Å². The van der Waals surface area contributed by atoms with Crippen molar-refractivity contribution in [3.05, 3.63) is 0 Å². The van der Waals surface area contributed by atoms with Crippen LogP contribution in [-0.2, 0) is 14.3 Å².